The number of hydrogen-bond acceptors (Lipinski definition) is 0. The number of hydrogen-bond donors (Lipinski definition) is 0. The molecule has 0 nitrogen and oxygen atoms in total. The molecule has 0 saturated carbocycles. The van der Waals surface area contributed by atoms with E-state index in [0.717, 1.165) is 13.4 Å². The second-order valence-electron chi connectivity index (χ2n) is 5.96. The molecule has 0 atom stereocenters. The van der Waals surface area contributed by atoms with Crippen molar-refractivity contribution in [3.05, 3.63) is 86.2 Å². The summed E-state index contributed by atoms with van der Waals surface area (Å²) in [5, 5.41) is 0. The molecule has 0 fully saturated rings. The fraction of sp³-hybridized carbons (Fsp3) is 0.0526. The summed E-state index contributed by atoms with van der Waals surface area (Å²) < 4.78 is 3.31. The largest absolute Gasteiger partial charge is 0.199 e. The molecular formula is C19H15BBr3-. The molecule has 0 aliphatic carbocycles. The standard InChI is InChI=1S/C19H15BBr3/c1-20(14-5-2-8-17(21)11-14,15-6-3-9-18(22)12-15)16-7-4-10-19(23)13-16/h2-13H,1H3/q-1. The molecule has 0 aliphatic heterocycles. The van der Waals surface area contributed by atoms with E-state index < -0.39 is 6.15 Å². The maximum Gasteiger partial charge on any atom is 0.0789 e. The highest BCUT2D eigenvalue weighted by atomic mass is 79.9. The summed E-state index contributed by atoms with van der Waals surface area (Å²) in [5.74, 6) is 0. The van der Waals surface area contributed by atoms with Crippen LogP contribution in [0.3, 0.4) is 0 Å². The summed E-state index contributed by atoms with van der Waals surface area (Å²) in [5.41, 5.74) is 3.95. The summed E-state index contributed by atoms with van der Waals surface area (Å²) >= 11 is 10.9. The highest BCUT2D eigenvalue weighted by molar-refractivity contribution is 9.11. The molecule has 0 aromatic heterocycles. The summed E-state index contributed by atoms with van der Waals surface area (Å²) in [6, 6.07) is 25.8. The van der Waals surface area contributed by atoms with Crippen molar-refractivity contribution in [1.29, 1.82) is 0 Å². The van der Waals surface area contributed by atoms with Crippen molar-refractivity contribution in [2.24, 2.45) is 0 Å². The molecule has 0 radical (unpaired) electrons. The smallest absolute Gasteiger partial charge is 0.0789 e. The Bertz CT molecular complexity index is 734. The second-order valence-corrected chi connectivity index (χ2v) is 8.71. The summed E-state index contributed by atoms with van der Waals surface area (Å²) in [4.78, 5) is 0. The molecule has 23 heavy (non-hydrogen) atoms. The van der Waals surface area contributed by atoms with Gasteiger partial charge in [-0.15, -0.1) is 0 Å². The van der Waals surface area contributed by atoms with E-state index in [1.54, 1.807) is 0 Å². The normalized spacial score (nSPS) is 11.5. The van der Waals surface area contributed by atoms with Crippen LogP contribution in [0.15, 0.2) is 86.2 Å². The van der Waals surface area contributed by atoms with E-state index >= 15 is 0 Å². The third-order valence-electron chi connectivity index (χ3n) is 4.55. The van der Waals surface area contributed by atoms with Gasteiger partial charge in [-0.3, -0.25) is 0 Å². The van der Waals surface area contributed by atoms with Crippen LogP contribution in [0, 0.1) is 0 Å². The summed E-state index contributed by atoms with van der Waals surface area (Å²) in [7, 11) is 0. The van der Waals surface area contributed by atoms with E-state index in [2.05, 4.69) is 127 Å². The van der Waals surface area contributed by atoms with E-state index in [-0.39, 0.29) is 0 Å². The lowest BCUT2D eigenvalue weighted by Crippen LogP contribution is -2.64. The van der Waals surface area contributed by atoms with Gasteiger partial charge in [0.05, 0.1) is 6.15 Å². The lowest BCUT2D eigenvalue weighted by atomic mass is 9.17. The zero-order valence-electron chi connectivity index (χ0n) is 12.6. The molecule has 116 valence electrons. The molecule has 3 aromatic carbocycles. The Balaban J connectivity index is 2.29. The van der Waals surface area contributed by atoms with E-state index in [4.69, 9.17) is 0 Å². The predicted octanol–water partition coefficient (Wildman–Crippen LogP) is 5.07. The third-order valence-corrected chi connectivity index (χ3v) is 6.03. The first-order chi connectivity index (χ1) is 11.0. The van der Waals surface area contributed by atoms with Gasteiger partial charge in [0.2, 0.25) is 0 Å². The van der Waals surface area contributed by atoms with Crippen molar-refractivity contribution in [3.8, 4) is 0 Å². The summed E-state index contributed by atoms with van der Waals surface area (Å²) in [6.45, 7) is 2.34. The Kier molecular flexibility index (Phi) is 5.15. The van der Waals surface area contributed by atoms with Gasteiger partial charge in [-0.25, -0.2) is 0 Å². The van der Waals surface area contributed by atoms with Crippen molar-refractivity contribution >= 4 is 70.3 Å². The Hall–Kier alpha value is -0.835. The zero-order valence-corrected chi connectivity index (χ0v) is 17.4. The maximum atomic E-state index is 3.62. The third kappa shape index (κ3) is 3.49. The van der Waals surface area contributed by atoms with Gasteiger partial charge in [0.15, 0.2) is 0 Å². The minimum Gasteiger partial charge on any atom is -0.199 e. The lowest BCUT2D eigenvalue weighted by Gasteiger charge is -2.39. The van der Waals surface area contributed by atoms with Crippen molar-refractivity contribution in [2.75, 3.05) is 0 Å². The van der Waals surface area contributed by atoms with Crippen LogP contribution < -0.4 is 16.4 Å². The van der Waals surface area contributed by atoms with Crippen LogP contribution in [0.1, 0.15) is 0 Å². The van der Waals surface area contributed by atoms with Crippen molar-refractivity contribution < 1.29 is 0 Å². The monoisotopic (exact) mass is 491 g/mol. The van der Waals surface area contributed by atoms with E-state index in [9.17, 15) is 0 Å². The minimum absolute atomic E-state index is 1.06. The predicted molar refractivity (Wildman–Crippen MR) is 113 cm³/mol. The first-order valence-corrected chi connectivity index (χ1v) is 9.85. The lowest BCUT2D eigenvalue weighted by molar-refractivity contribution is 1.62. The van der Waals surface area contributed by atoms with Gasteiger partial charge in [-0.05, 0) is 18.2 Å². The molecule has 0 aliphatic rings. The van der Waals surface area contributed by atoms with Gasteiger partial charge in [0.25, 0.3) is 0 Å². The highest BCUT2D eigenvalue weighted by Gasteiger charge is 2.25. The quantitative estimate of drug-likeness (QED) is 0.447. The molecule has 0 N–H and O–H groups in total. The fourth-order valence-corrected chi connectivity index (χ4v) is 4.43. The SMILES string of the molecule is C[B-](c1cccc(Br)c1)(c1cccc(Br)c1)c1cccc(Br)c1. The molecule has 0 spiro atoms. The Morgan fingerprint density at radius 1 is 0.565 bits per heavy atom. The molecule has 0 amide bonds. The molecule has 0 saturated heterocycles. The Labute approximate surface area is 162 Å². The summed E-state index contributed by atoms with van der Waals surface area (Å²) in [6.07, 6.45) is -1.06. The number of benzene rings is 3. The van der Waals surface area contributed by atoms with Gasteiger partial charge in [0.1, 0.15) is 0 Å². The van der Waals surface area contributed by atoms with Crippen LogP contribution >= 0.6 is 47.8 Å². The fourth-order valence-electron chi connectivity index (χ4n) is 3.17. The van der Waals surface area contributed by atoms with Crippen LogP contribution in [0.4, 0.5) is 0 Å². The average Bonchev–Trinajstić information content (AvgIpc) is 2.54. The van der Waals surface area contributed by atoms with Gasteiger partial charge in [-0.1, -0.05) is 102 Å². The molecule has 0 heterocycles. The van der Waals surface area contributed by atoms with Crippen LogP contribution in [0.5, 0.6) is 0 Å². The van der Waals surface area contributed by atoms with E-state index in [1.807, 2.05) is 0 Å². The molecular weight excluding hydrogens is 479 g/mol. The van der Waals surface area contributed by atoms with Gasteiger partial charge in [-0.2, -0.15) is 23.2 Å². The number of rotatable bonds is 3. The Morgan fingerprint density at radius 2 is 0.870 bits per heavy atom. The zero-order chi connectivity index (χ0) is 16.4. The topological polar surface area (TPSA) is 0 Å². The van der Waals surface area contributed by atoms with Crippen molar-refractivity contribution in [1.82, 2.24) is 0 Å². The first kappa shape index (κ1) is 17.0. The molecule has 0 bridgehead atoms. The van der Waals surface area contributed by atoms with Crippen LogP contribution in [0.25, 0.3) is 0 Å². The molecule has 3 aromatic rings. The highest BCUT2D eigenvalue weighted by Crippen LogP contribution is 2.16. The van der Waals surface area contributed by atoms with Crippen LogP contribution in [-0.4, -0.2) is 6.15 Å². The Morgan fingerprint density at radius 3 is 1.13 bits per heavy atom. The minimum atomic E-state index is -1.06. The molecule has 3 rings (SSSR count). The van der Waals surface area contributed by atoms with E-state index in [0.29, 0.717) is 0 Å². The van der Waals surface area contributed by atoms with Crippen molar-refractivity contribution in [2.45, 2.75) is 6.82 Å². The van der Waals surface area contributed by atoms with E-state index in [1.165, 1.54) is 16.4 Å². The second kappa shape index (κ2) is 6.96. The maximum absolute atomic E-state index is 3.62. The van der Waals surface area contributed by atoms with Gasteiger partial charge in [0, 0.05) is 13.4 Å². The van der Waals surface area contributed by atoms with Crippen LogP contribution in [-0.2, 0) is 0 Å². The number of halogens is 3. The van der Waals surface area contributed by atoms with Crippen molar-refractivity contribution in [3.63, 3.8) is 0 Å². The first-order valence-electron chi connectivity index (χ1n) is 7.47. The molecule has 0 unspecified atom stereocenters. The average molecular weight is 494 g/mol. The van der Waals surface area contributed by atoms with Crippen LogP contribution in [0.2, 0.25) is 6.82 Å². The van der Waals surface area contributed by atoms with Gasteiger partial charge >= 0.3 is 0 Å². The molecule has 4 heteroatoms. The van der Waals surface area contributed by atoms with Gasteiger partial charge < -0.3 is 0 Å².